The first-order valence-corrected chi connectivity index (χ1v) is 12.5. The van der Waals surface area contributed by atoms with Crippen molar-refractivity contribution in [1.82, 2.24) is 19.7 Å². The topological polar surface area (TPSA) is 69.2 Å². The van der Waals surface area contributed by atoms with Crippen LogP contribution in [-0.4, -0.2) is 51.0 Å². The van der Waals surface area contributed by atoms with Crippen molar-refractivity contribution in [1.29, 1.82) is 0 Å². The number of aromatic nitrogens is 3. The van der Waals surface area contributed by atoms with E-state index in [-0.39, 0.29) is 11.6 Å². The number of anilines is 1. The minimum atomic E-state index is -4.54. The number of fused-ring (bicyclic) bond motifs is 1. The van der Waals surface area contributed by atoms with E-state index in [0.717, 1.165) is 37.9 Å². The molecule has 0 radical (unpaired) electrons. The van der Waals surface area contributed by atoms with E-state index in [2.05, 4.69) is 23.7 Å². The summed E-state index contributed by atoms with van der Waals surface area (Å²) in [4.78, 5) is 6.41. The second-order valence-corrected chi connectivity index (χ2v) is 10.8. The van der Waals surface area contributed by atoms with E-state index in [1.807, 2.05) is 10.7 Å². The van der Waals surface area contributed by atoms with Gasteiger partial charge < -0.3 is 10.5 Å². The fourth-order valence-corrected chi connectivity index (χ4v) is 6.67. The monoisotopic (exact) mass is 475 g/mol. The molecule has 3 atom stereocenters. The molecule has 3 unspecified atom stereocenters. The molecule has 9 heteroatoms. The maximum Gasteiger partial charge on any atom is 0.419 e. The Morgan fingerprint density at radius 2 is 1.97 bits per heavy atom. The molecule has 4 heterocycles. The number of nitrogen functional groups attached to an aromatic ring is 1. The van der Waals surface area contributed by atoms with Crippen LogP contribution in [0.15, 0.2) is 18.3 Å². The van der Waals surface area contributed by atoms with Gasteiger partial charge in [0, 0.05) is 55.2 Å². The molecule has 6 nitrogen and oxygen atoms in total. The Hall–Kier alpha value is -2.13. The molecule has 1 spiro atoms. The molecule has 2 saturated heterocycles. The summed E-state index contributed by atoms with van der Waals surface area (Å²) in [5.74, 6) is 1.20. The van der Waals surface area contributed by atoms with Crippen LogP contribution in [-0.2, 0) is 10.9 Å². The first kappa shape index (κ1) is 22.3. The number of hydrogen-bond donors (Lipinski definition) is 1. The van der Waals surface area contributed by atoms with Crippen molar-refractivity contribution in [2.24, 2.45) is 11.8 Å². The van der Waals surface area contributed by atoms with E-state index >= 15 is 0 Å². The van der Waals surface area contributed by atoms with Gasteiger partial charge in [-0.1, -0.05) is 6.92 Å². The van der Waals surface area contributed by atoms with Crippen LogP contribution >= 0.6 is 0 Å². The highest BCUT2D eigenvalue weighted by Gasteiger charge is 2.61. The van der Waals surface area contributed by atoms with Crippen LogP contribution in [0.4, 0.5) is 19.0 Å². The third kappa shape index (κ3) is 3.54. The highest BCUT2D eigenvalue weighted by molar-refractivity contribution is 5.63. The van der Waals surface area contributed by atoms with Crippen molar-refractivity contribution < 1.29 is 17.9 Å². The van der Waals surface area contributed by atoms with Crippen molar-refractivity contribution in [2.45, 2.75) is 75.7 Å². The molecule has 4 aliphatic rings. The van der Waals surface area contributed by atoms with Crippen molar-refractivity contribution in [3.8, 4) is 11.3 Å². The Morgan fingerprint density at radius 1 is 1.24 bits per heavy atom. The lowest BCUT2D eigenvalue weighted by molar-refractivity contribution is -0.137. The summed E-state index contributed by atoms with van der Waals surface area (Å²) in [6, 6.07) is 3.88. The quantitative estimate of drug-likeness (QED) is 0.668. The normalized spacial score (nSPS) is 31.0. The molecule has 2 saturated carbocycles. The third-order valence-electron chi connectivity index (χ3n) is 8.74. The summed E-state index contributed by atoms with van der Waals surface area (Å²) in [5, 5.41) is 4.76. The maximum absolute atomic E-state index is 13.4. The number of nitrogens with zero attached hydrogens (tertiary/aromatic N) is 4. The summed E-state index contributed by atoms with van der Waals surface area (Å²) >= 11 is 0. The van der Waals surface area contributed by atoms with Gasteiger partial charge in [-0.15, -0.1) is 0 Å². The lowest BCUT2D eigenvalue weighted by Gasteiger charge is -2.50. The molecule has 6 rings (SSSR count). The fraction of sp³-hybridized carbons (Fsp3) is 0.680. The van der Waals surface area contributed by atoms with E-state index < -0.39 is 17.6 Å². The molecule has 184 valence electrons. The van der Waals surface area contributed by atoms with E-state index in [1.54, 1.807) is 0 Å². The molecule has 2 aromatic rings. The van der Waals surface area contributed by atoms with Gasteiger partial charge in [0.2, 0.25) is 0 Å². The van der Waals surface area contributed by atoms with Crippen molar-refractivity contribution in [3.05, 3.63) is 29.6 Å². The molecule has 0 amide bonds. The van der Waals surface area contributed by atoms with Gasteiger partial charge in [0.25, 0.3) is 0 Å². The summed E-state index contributed by atoms with van der Waals surface area (Å²) < 4.78 is 48.2. The van der Waals surface area contributed by atoms with E-state index in [9.17, 15) is 13.2 Å². The first-order chi connectivity index (χ1) is 16.2. The minimum absolute atomic E-state index is 0.138. The van der Waals surface area contributed by atoms with Crippen LogP contribution < -0.4 is 5.73 Å². The van der Waals surface area contributed by atoms with Gasteiger partial charge in [0.1, 0.15) is 5.82 Å². The Morgan fingerprint density at radius 3 is 2.59 bits per heavy atom. The number of ether oxygens (including phenoxy) is 1. The number of nitrogens with two attached hydrogens (primary N) is 1. The molecule has 2 aliphatic heterocycles. The number of pyridine rings is 1. The smallest absolute Gasteiger partial charge is 0.383 e. The number of halogens is 3. The molecule has 0 bridgehead atoms. The van der Waals surface area contributed by atoms with Gasteiger partial charge in [-0.2, -0.15) is 18.3 Å². The SMILES string of the molecule is CCC(C)n1nc(-c2cnc(N)c(C(F)(F)F)c2)cc1C1C2CC(N3CC4(CCCO4)C3)CC21. The maximum atomic E-state index is 13.4. The van der Waals surface area contributed by atoms with Gasteiger partial charge >= 0.3 is 6.18 Å². The van der Waals surface area contributed by atoms with Gasteiger partial charge in [-0.25, -0.2) is 4.98 Å². The first-order valence-electron chi connectivity index (χ1n) is 12.5. The summed E-state index contributed by atoms with van der Waals surface area (Å²) in [7, 11) is 0. The highest BCUT2D eigenvalue weighted by Crippen LogP contribution is 2.65. The fourth-order valence-electron chi connectivity index (χ4n) is 6.67. The van der Waals surface area contributed by atoms with Gasteiger partial charge in [0.05, 0.1) is 16.9 Å². The molecular formula is C25H32F3N5O. The van der Waals surface area contributed by atoms with Gasteiger partial charge in [-0.3, -0.25) is 9.58 Å². The Labute approximate surface area is 197 Å². The van der Waals surface area contributed by atoms with Crippen LogP contribution in [0.1, 0.15) is 69.2 Å². The predicted octanol–water partition coefficient (Wildman–Crippen LogP) is 4.87. The summed E-state index contributed by atoms with van der Waals surface area (Å²) in [6.45, 7) is 7.27. The second kappa shape index (κ2) is 7.68. The van der Waals surface area contributed by atoms with Crippen molar-refractivity contribution in [2.75, 3.05) is 25.4 Å². The average molecular weight is 476 g/mol. The number of alkyl halides is 3. The number of likely N-dealkylation sites (tertiary alicyclic amines) is 1. The molecule has 0 aromatic carbocycles. The summed E-state index contributed by atoms with van der Waals surface area (Å²) in [6.07, 6.45) is 2.51. The predicted molar refractivity (Wildman–Crippen MR) is 122 cm³/mol. The van der Waals surface area contributed by atoms with Crippen LogP contribution in [0.3, 0.4) is 0 Å². The van der Waals surface area contributed by atoms with Crippen LogP contribution in [0.2, 0.25) is 0 Å². The highest BCUT2D eigenvalue weighted by atomic mass is 19.4. The zero-order valence-electron chi connectivity index (χ0n) is 19.7. The zero-order chi connectivity index (χ0) is 23.8. The Bertz CT molecular complexity index is 1070. The number of rotatable bonds is 5. The van der Waals surface area contributed by atoms with Crippen LogP contribution in [0.5, 0.6) is 0 Å². The van der Waals surface area contributed by atoms with Crippen LogP contribution in [0.25, 0.3) is 11.3 Å². The van der Waals surface area contributed by atoms with E-state index in [1.165, 1.54) is 31.9 Å². The van der Waals surface area contributed by atoms with Crippen LogP contribution in [0, 0.1) is 11.8 Å². The molecule has 2 aliphatic carbocycles. The lowest BCUT2D eigenvalue weighted by atomic mass is 9.88. The molecule has 2 aromatic heterocycles. The average Bonchev–Trinajstić information content (AvgIpc) is 3.26. The Kier molecular flexibility index (Phi) is 5.05. The minimum Gasteiger partial charge on any atom is -0.383 e. The third-order valence-corrected chi connectivity index (χ3v) is 8.74. The molecule has 2 N–H and O–H groups in total. The number of hydrogen-bond acceptors (Lipinski definition) is 5. The summed E-state index contributed by atoms with van der Waals surface area (Å²) in [5.41, 5.74) is 6.78. The Balaban J connectivity index is 1.21. The molecular weight excluding hydrogens is 443 g/mol. The van der Waals surface area contributed by atoms with Crippen molar-refractivity contribution in [3.63, 3.8) is 0 Å². The molecule has 4 fully saturated rings. The second-order valence-electron chi connectivity index (χ2n) is 10.8. The van der Waals surface area contributed by atoms with E-state index in [4.69, 9.17) is 15.6 Å². The lowest BCUT2D eigenvalue weighted by Crippen LogP contribution is -2.64. The van der Waals surface area contributed by atoms with Gasteiger partial charge in [-0.05, 0) is 63.0 Å². The van der Waals surface area contributed by atoms with Crippen molar-refractivity contribution >= 4 is 5.82 Å². The zero-order valence-corrected chi connectivity index (χ0v) is 19.7. The standard InChI is InChI=1S/C25H32F3N5O/c1-3-14(2)33-21(10-20(31-33)15-7-19(25(26,27)28)23(29)30-11-15)22-17-8-16(9-18(17)22)32-12-24(13-32)5-4-6-34-24/h7,10-11,14,16-18,22H,3-6,8-9,12-13H2,1-2H3,(H2,29,30). The molecule has 34 heavy (non-hydrogen) atoms. The largest absolute Gasteiger partial charge is 0.419 e. The van der Waals surface area contributed by atoms with Gasteiger partial charge in [0.15, 0.2) is 0 Å². The van der Waals surface area contributed by atoms with E-state index in [0.29, 0.717) is 35.1 Å².